The first-order valence-corrected chi connectivity index (χ1v) is 6.12. The summed E-state index contributed by atoms with van der Waals surface area (Å²) in [6, 6.07) is 8.30. The van der Waals surface area contributed by atoms with Gasteiger partial charge in [0.2, 0.25) is 0 Å². The van der Waals surface area contributed by atoms with Crippen LogP contribution in [-0.2, 0) is 13.0 Å². The molecule has 1 aromatic heterocycles. The Labute approximate surface area is 106 Å². The SMILES string of the molecule is Cc1[nH]cnc1C(=O)N1CCc2ccccc2C1. The van der Waals surface area contributed by atoms with Crippen molar-refractivity contribution in [2.75, 3.05) is 6.54 Å². The zero-order chi connectivity index (χ0) is 12.5. The molecular formula is C14H15N3O. The van der Waals surface area contributed by atoms with E-state index in [1.54, 1.807) is 6.33 Å². The minimum atomic E-state index is 0.0169. The molecule has 4 nitrogen and oxygen atoms in total. The molecule has 0 spiro atoms. The van der Waals surface area contributed by atoms with Gasteiger partial charge in [-0.25, -0.2) is 4.98 Å². The van der Waals surface area contributed by atoms with Gasteiger partial charge in [0.15, 0.2) is 0 Å². The highest BCUT2D eigenvalue weighted by atomic mass is 16.2. The molecular weight excluding hydrogens is 226 g/mol. The average molecular weight is 241 g/mol. The predicted octanol–water partition coefficient (Wildman–Crippen LogP) is 1.92. The van der Waals surface area contributed by atoms with Crippen molar-refractivity contribution in [1.29, 1.82) is 0 Å². The molecule has 0 saturated heterocycles. The molecule has 92 valence electrons. The van der Waals surface area contributed by atoms with E-state index in [1.165, 1.54) is 11.1 Å². The molecule has 0 saturated carbocycles. The number of imidazole rings is 1. The van der Waals surface area contributed by atoms with Crippen molar-refractivity contribution in [1.82, 2.24) is 14.9 Å². The van der Waals surface area contributed by atoms with E-state index in [4.69, 9.17) is 0 Å². The lowest BCUT2D eigenvalue weighted by Crippen LogP contribution is -2.36. The molecule has 3 rings (SSSR count). The van der Waals surface area contributed by atoms with Gasteiger partial charge in [-0.3, -0.25) is 4.79 Å². The molecule has 0 bridgehead atoms. The normalized spacial score (nSPS) is 14.4. The van der Waals surface area contributed by atoms with Crippen LogP contribution in [0.3, 0.4) is 0 Å². The number of hydrogen-bond donors (Lipinski definition) is 1. The van der Waals surface area contributed by atoms with E-state index in [9.17, 15) is 4.79 Å². The highest BCUT2D eigenvalue weighted by Crippen LogP contribution is 2.20. The number of H-pyrrole nitrogens is 1. The fourth-order valence-electron chi connectivity index (χ4n) is 2.39. The average Bonchev–Trinajstić information content (AvgIpc) is 2.83. The number of aromatic amines is 1. The van der Waals surface area contributed by atoms with Crippen LogP contribution in [0.5, 0.6) is 0 Å². The summed E-state index contributed by atoms with van der Waals surface area (Å²) >= 11 is 0. The number of nitrogens with one attached hydrogen (secondary N) is 1. The summed E-state index contributed by atoms with van der Waals surface area (Å²) in [6.45, 7) is 3.32. The van der Waals surface area contributed by atoms with Gasteiger partial charge in [-0.05, 0) is 24.5 Å². The number of hydrogen-bond acceptors (Lipinski definition) is 2. The fraction of sp³-hybridized carbons (Fsp3) is 0.286. The minimum Gasteiger partial charge on any atom is -0.348 e. The van der Waals surface area contributed by atoms with Gasteiger partial charge in [0.1, 0.15) is 5.69 Å². The Morgan fingerprint density at radius 1 is 1.33 bits per heavy atom. The molecule has 0 unspecified atom stereocenters. The van der Waals surface area contributed by atoms with Crippen molar-refractivity contribution in [2.45, 2.75) is 19.9 Å². The maximum atomic E-state index is 12.3. The number of rotatable bonds is 1. The summed E-state index contributed by atoms with van der Waals surface area (Å²) in [7, 11) is 0. The lowest BCUT2D eigenvalue weighted by Gasteiger charge is -2.28. The van der Waals surface area contributed by atoms with Crippen molar-refractivity contribution >= 4 is 5.91 Å². The molecule has 1 aliphatic heterocycles. The Morgan fingerprint density at radius 2 is 2.11 bits per heavy atom. The summed E-state index contributed by atoms with van der Waals surface area (Å²) < 4.78 is 0. The Balaban J connectivity index is 1.84. The third kappa shape index (κ3) is 1.79. The van der Waals surface area contributed by atoms with E-state index in [0.29, 0.717) is 12.2 Å². The van der Waals surface area contributed by atoms with Gasteiger partial charge in [0.25, 0.3) is 5.91 Å². The summed E-state index contributed by atoms with van der Waals surface area (Å²) in [4.78, 5) is 21.3. The van der Waals surface area contributed by atoms with Crippen molar-refractivity contribution in [3.05, 3.63) is 53.1 Å². The van der Waals surface area contributed by atoms with Gasteiger partial charge < -0.3 is 9.88 Å². The van der Waals surface area contributed by atoms with E-state index in [2.05, 4.69) is 22.1 Å². The number of amides is 1. The maximum absolute atomic E-state index is 12.3. The van der Waals surface area contributed by atoms with E-state index in [0.717, 1.165) is 18.7 Å². The molecule has 1 aromatic carbocycles. The quantitative estimate of drug-likeness (QED) is 0.829. The first-order chi connectivity index (χ1) is 8.75. The molecule has 0 fully saturated rings. The van der Waals surface area contributed by atoms with Crippen LogP contribution >= 0.6 is 0 Å². The Bertz CT molecular complexity index is 588. The summed E-state index contributed by atoms with van der Waals surface area (Å²) in [5.74, 6) is 0.0169. The standard InChI is InChI=1S/C14H15N3O/c1-10-13(16-9-15-10)14(18)17-7-6-11-4-2-3-5-12(11)8-17/h2-5,9H,6-8H2,1H3,(H,15,16). The van der Waals surface area contributed by atoms with Gasteiger partial charge in [-0.1, -0.05) is 24.3 Å². The Hall–Kier alpha value is -2.10. The van der Waals surface area contributed by atoms with E-state index in [1.807, 2.05) is 24.0 Å². The van der Waals surface area contributed by atoms with Crippen LogP contribution in [0.4, 0.5) is 0 Å². The zero-order valence-corrected chi connectivity index (χ0v) is 10.3. The topological polar surface area (TPSA) is 49.0 Å². The van der Waals surface area contributed by atoms with Gasteiger partial charge in [0.05, 0.1) is 6.33 Å². The van der Waals surface area contributed by atoms with Crippen LogP contribution in [0.2, 0.25) is 0 Å². The van der Waals surface area contributed by atoms with Gasteiger partial charge >= 0.3 is 0 Å². The molecule has 2 heterocycles. The summed E-state index contributed by atoms with van der Waals surface area (Å²) in [5.41, 5.74) is 3.96. The molecule has 2 aromatic rings. The second-order valence-electron chi connectivity index (χ2n) is 4.62. The number of fused-ring (bicyclic) bond motifs is 1. The van der Waals surface area contributed by atoms with Gasteiger partial charge in [-0.15, -0.1) is 0 Å². The van der Waals surface area contributed by atoms with Crippen LogP contribution < -0.4 is 0 Å². The number of nitrogens with zero attached hydrogens (tertiary/aromatic N) is 2. The number of benzene rings is 1. The van der Waals surface area contributed by atoms with Crippen molar-refractivity contribution < 1.29 is 4.79 Å². The Morgan fingerprint density at radius 3 is 2.83 bits per heavy atom. The minimum absolute atomic E-state index is 0.0169. The number of aryl methyl sites for hydroxylation is 1. The second-order valence-corrected chi connectivity index (χ2v) is 4.62. The molecule has 1 N–H and O–H groups in total. The number of carbonyl (C=O) groups excluding carboxylic acids is 1. The van der Waals surface area contributed by atoms with E-state index >= 15 is 0 Å². The highest BCUT2D eigenvalue weighted by molar-refractivity contribution is 5.93. The van der Waals surface area contributed by atoms with Gasteiger partial charge in [0, 0.05) is 18.8 Å². The smallest absolute Gasteiger partial charge is 0.274 e. The zero-order valence-electron chi connectivity index (χ0n) is 10.3. The first-order valence-electron chi connectivity index (χ1n) is 6.12. The largest absolute Gasteiger partial charge is 0.348 e. The number of carbonyl (C=O) groups is 1. The monoisotopic (exact) mass is 241 g/mol. The molecule has 1 aliphatic rings. The third-order valence-corrected chi connectivity index (χ3v) is 3.45. The van der Waals surface area contributed by atoms with E-state index in [-0.39, 0.29) is 5.91 Å². The lowest BCUT2D eigenvalue weighted by atomic mass is 10.00. The van der Waals surface area contributed by atoms with Gasteiger partial charge in [-0.2, -0.15) is 0 Å². The highest BCUT2D eigenvalue weighted by Gasteiger charge is 2.23. The molecule has 0 aliphatic carbocycles. The molecule has 1 amide bonds. The van der Waals surface area contributed by atoms with Crippen LogP contribution in [0, 0.1) is 6.92 Å². The molecule has 0 atom stereocenters. The molecule has 4 heteroatoms. The second kappa shape index (κ2) is 4.29. The maximum Gasteiger partial charge on any atom is 0.274 e. The first kappa shape index (κ1) is 11.0. The predicted molar refractivity (Wildman–Crippen MR) is 68.2 cm³/mol. The van der Waals surface area contributed by atoms with Crippen LogP contribution in [0.15, 0.2) is 30.6 Å². The summed E-state index contributed by atoms with van der Waals surface area (Å²) in [5, 5.41) is 0. The van der Waals surface area contributed by atoms with Crippen molar-refractivity contribution in [2.24, 2.45) is 0 Å². The lowest BCUT2D eigenvalue weighted by molar-refractivity contribution is 0.0728. The summed E-state index contributed by atoms with van der Waals surface area (Å²) in [6.07, 6.45) is 2.49. The molecule has 0 radical (unpaired) electrons. The van der Waals surface area contributed by atoms with Crippen LogP contribution in [-0.4, -0.2) is 27.3 Å². The fourth-order valence-corrected chi connectivity index (χ4v) is 2.39. The van der Waals surface area contributed by atoms with E-state index < -0.39 is 0 Å². The Kier molecular flexibility index (Phi) is 2.63. The number of aromatic nitrogens is 2. The van der Waals surface area contributed by atoms with Crippen molar-refractivity contribution in [3.63, 3.8) is 0 Å². The third-order valence-electron chi connectivity index (χ3n) is 3.45. The van der Waals surface area contributed by atoms with Crippen LogP contribution in [0.1, 0.15) is 27.3 Å². The van der Waals surface area contributed by atoms with Crippen molar-refractivity contribution in [3.8, 4) is 0 Å². The molecule has 18 heavy (non-hydrogen) atoms. The van der Waals surface area contributed by atoms with Crippen LogP contribution in [0.25, 0.3) is 0 Å².